The van der Waals surface area contributed by atoms with Crippen LogP contribution in [0.4, 0.5) is 0 Å². The van der Waals surface area contributed by atoms with Crippen molar-refractivity contribution in [3.8, 4) is 0 Å². The van der Waals surface area contributed by atoms with E-state index in [9.17, 15) is 5.11 Å². The van der Waals surface area contributed by atoms with Crippen molar-refractivity contribution in [2.24, 2.45) is 0 Å². The predicted molar refractivity (Wildman–Crippen MR) is 74.5 cm³/mol. The Morgan fingerprint density at radius 3 is 2.39 bits per heavy atom. The summed E-state index contributed by atoms with van der Waals surface area (Å²) in [6.07, 6.45) is 3.08. The lowest BCUT2D eigenvalue weighted by Gasteiger charge is -2.09. The first-order valence-electron chi connectivity index (χ1n) is 6.41. The van der Waals surface area contributed by atoms with E-state index in [1.54, 1.807) is 13.1 Å². The SMILES string of the molecule is CC.Cc1ccc(Cn2ccnc2C(C)O)cc1. The molecule has 98 valence electrons. The van der Waals surface area contributed by atoms with Crippen molar-refractivity contribution in [1.82, 2.24) is 9.55 Å². The van der Waals surface area contributed by atoms with Crippen LogP contribution in [0.2, 0.25) is 0 Å². The fourth-order valence-corrected chi connectivity index (χ4v) is 1.71. The van der Waals surface area contributed by atoms with Crippen LogP contribution in [0.15, 0.2) is 36.7 Å². The third-order valence-corrected chi connectivity index (χ3v) is 2.59. The molecule has 0 fully saturated rings. The van der Waals surface area contributed by atoms with E-state index >= 15 is 0 Å². The zero-order valence-electron chi connectivity index (χ0n) is 11.6. The quantitative estimate of drug-likeness (QED) is 0.902. The molecule has 0 amide bonds. The van der Waals surface area contributed by atoms with Crippen LogP contribution >= 0.6 is 0 Å². The minimum Gasteiger partial charge on any atom is -0.385 e. The Morgan fingerprint density at radius 1 is 1.22 bits per heavy atom. The molecule has 1 aromatic heterocycles. The largest absolute Gasteiger partial charge is 0.385 e. The first-order chi connectivity index (χ1) is 8.66. The van der Waals surface area contributed by atoms with E-state index in [1.807, 2.05) is 24.6 Å². The summed E-state index contributed by atoms with van der Waals surface area (Å²) in [6, 6.07) is 8.38. The van der Waals surface area contributed by atoms with Crippen LogP contribution in [0.25, 0.3) is 0 Å². The summed E-state index contributed by atoms with van der Waals surface area (Å²) in [5.41, 5.74) is 2.47. The smallest absolute Gasteiger partial charge is 0.137 e. The molecule has 1 aromatic carbocycles. The highest BCUT2D eigenvalue weighted by Crippen LogP contribution is 2.12. The highest BCUT2D eigenvalue weighted by atomic mass is 16.3. The van der Waals surface area contributed by atoms with E-state index < -0.39 is 6.10 Å². The van der Waals surface area contributed by atoms with E-state index in [0.29, 0.717) is 5.82 Å². The van der Waals surface area contributed by atoms with Gasteiger partial charge in [-0.05, 0) is 19.4 Å². The van der Waals surface area contributed by atoms with Crippen LogP contribution in [-0.2, 0) is 6.54 Å². The van der Waals surface area contributed by atoms with Crippen molar-refractivity contribution in [3.05, 3.63) is 53.6 Å². The number of rotatable bonds is 3. The number of hydrogen-bond acceptors (Lipinski definition) is 2. The number of aryl methyl sites for hydroxylation is 1. The molecule has 3 heteroatoms. The van der Waals surface area contributed by atoms with Crippen LogP contribution in [0.3, 0.4) is 0 Å². The Bertz CT molecular complexity index is 458. The number of imidazole rings is 1. The number of benzene rings is 1. The van der Waals surface area contributed by atoms with Crippen LogP contribution in [0.1, 0.15) is 43.8 Å². The summed E-state index contributed by atoms with van der Waals surface area (Å²) in [5.74, 6) is 0.709. The summed E-state index contributed by atoms with van der Waals surface area (Å²) in [7, 11) is 0. The van der Waals surface area contributed by atoms with Gasteiger partial charge in [0.2, 0.25) is 0 Å². The van der Waals surface area contributed by atoms with E-state index in [2.05, 4.69) is 36.2 Å². The highest BCUT2D eigenvalue weighted by molar-refractivity contribution is 5.22. The molecule has 3 nitrogen and oxygen atoms in total. The van der Waals surface area contributed by atoms with E-state index in [-0.39, 0.29) is 0 Å². The molecule has 2 rings (SSSR count). The zero-order chi connectivity index (χ0) is 13.5. The Labute approximate surface area is 109 Å². The molecule has 0 saturated carbocycles. The Kier molecular flexibility index (Phi) is 5.59. The summed E-state index contributed by atoms with van der Waals surface area (Å²) in [4.78, 5) is 4.14. The van der Waals surface area contributed by atoms with Gasteiger partial charge in [0, 0.05) is 18.9 Å². The van der Waals surface area contributed by atoms with Gasteiger partial charge in [-0.1, -0.05) is 43.7 Å². The van der Waals surface area contributed by atoms with Gasteiger partial charge in [0.15, 0.2) is 0 Å². The molecule has 0 radical (unpaired) electrons. The number of hydrogen-bond donors (Lipinski definition) is 1. The maximum Gasteiger partial charge on any atom is 0.137 e. The fourth-order valence-electron chi connectivity index (χ4n) is 1.71. The van der Waals surface area contributed by atoms with Crippen molar-refractivity contribution in [2.75, 3.05) is 0 Å². The predicted octanol–water partition coefficient (Wildman–Crippen LogP) is 3.32. The lowest BCUT2D eigenvalue weighted by atomic mass is 10.1. The molecule has 18 heavy (non-hydrogen) atoms. The van der Waals surface area contributed by atoms with Crippen molar-refractivity contribution >= 4 is 0 Å². The molecular weight excluding hydrogens is 224 g/mol. The lowest BCUT2D eigenvalue weighted by molar-refractivity contribution is 0.184. The number of nitrogens with zero attached hydrogens (tertiary/aromatic N) is 2. The third kappa shape index (κ3) is 3.70. The van der Waals surface area contributed by atoms with Gasteiger partial charge in [-0.15, -0.1) is 0 Å². The topological polar surface area (TPSA) is 38.0 Å². The molecule has 0 aliphatic heterocycles. The van der Waals surface area contributed by atoms with Gasteiger partial charge in [0.25, 0.3) is 0 Å². The molecule has 1 atom stereocenters. The molecule has 1 heterocycles. The molecule has 0 saturated heterocycles. The first-order valence-corrected chi connectivity index (χ1v) is 6.41. The zero-order valence-corrected chi connectivity index (χ0v) is 11.6. The third-order valence-electron chi connectivity index (χ3n) is 2.59. The molecule has 0 bridgehead atoms. The first kappa shape index (κ1) is 14.5. The van der Waals surface area contributed by atoms with Gasteiger partial charge in [-0.2, -0.15) is 0 Å². The molecule has 2 aromatic rings. The summed E-state index contributed by atoms with van der Waals surface area (Å²) >= 11 is 0. The summed E-state index contributed by atoms with van der Waals surface area (Å²) in [5, 5.41) is 9.53. The van der Waals surface area contributed by atoms with Crippen LogP contribution < -0.4 is 0 Å². The average Bonchev–Trinajstić information content (AvgIpc) is 2.83. The van der Waals surface area contributed by atoms with E-state index in [1.165, 1.54) is 11.1 Å². The Morgan fingerprint density at radius 2 is 1.83 bits per heavy atom. The maximum atomic E-state index is 9.53. The van der Waals surface area contributed by atoms with Crippen molar-refractivity contribution < 1.29 is 5.11 Å². The Balaban J connectivity index is 0.000000771. The van der Waals surface area contributed by atoms with Crippen molar-refractivity contribution in [3.63, 3.8) is 0 Å². The number of aliphatic hydroxyl groups is 1. The molecule has 1 N–H and O–H groups in total. The second-order valence-electron chi connectivity index (χ2n) is 4.07. The lowest BCUT2D eigenvalue weighted by Crippen LogP contribution is -2.07. The molecule has 0 aliphatic rings. The summed E-state index contributed by atoms with van der Waals surface area (Å²) in [6.45, 7) is 8.55. The molecule has 1 unspecified atom stereocenters. The van der Waals surface area contributed by atoms with Gasteiger partial charge >= 0.3 is 0 Å². The average molecular weight is 246 g/mol. The van der Waals surface area contributed by atoms with Gasteiger partial charge in [-0.25, -0.2) is 4.98 Å². The molecule has 0 spiro atoms. The van der Waals surface area contributed by atoms with Crippen molar-refractivity contribution in [2.45, 2.75) is 40.3 Å². The van der Waals surface area contributed by atoms with E-state index in [4.69, 9.17) is 0 Å². The van der Waals surface area contributed by atoms with E-state index in [0.717, 1.165) is 6.54 Å². The van der Waals surface area contributed by atoms with Crippen molar-refractivity contribution in [1.29, 1.82) is 0 Å². The highest BCUT2D eigenvalue weighted by Gasteiger charge is 2.08. The molecular formula is C15H22N2O. The van der Waals surface area contributed by atoms with Gasteiger partial charge in [0.05, 0.1) is 0 Å². The summed E-state index contributed by atoms with van der Waals surface area (Å²) < 4.78 is 1.97. The normalized spacial score (nSPS) is 11.6. The van der Waals surface area contributed by atoms with Crippen LogP contribution in [-0.4, -0.2) is 14.7 Å². The number of aromatic nitrogens is 2. The van der Waals surface area contributed by atoms with Gasteiger partial charge in [0.1, 0.15) is 11.9 Å². The molecule has 0 aliphatic carbocycles. The minimum atomic E-state index is -0.527. The number of aliphatic hydroxyl groups excluding tert-OH is 1. The fraction of sp³-hybridized carbons (Fsp3) is 0.400. The second-order valence-corrected chi connectivity index (χ2v) is 4.07. The minimum absolute atomic E-state index is 0.527. The maximum absolute atomic E-state index is 9.53. The second kappa shape index (κ2) is 6.97. The van der Waals surface area contributed by atoms with Crippen LogP contribution in [0.5, 0.6) is 0 Å². The van der Waals surface area contributed by atoms with Gasteiger partial charge in [-0.3, -0.25) is 0 Å². The Hall–Kier alpha value is -1.61. The standard InChI is InChI=1S/C13H16N2O.C2H6/c1-10-3-5-12(6-4-10)9-15-8-7-14-13(15)11(2)16;1-2/h3-8,11,16H,9H2,1-2H3;1-2H3. The van der Waals surface area contributed by atoms with Gasteiger partial charge < -0.3 is 9.67 Å². The van der Waals surface area contributed by atoms with Crippen LogP contribution in [0, 0.1) is 6.92 Å². The monoisotopic (exact) mass is 246 g/mol.